The second-order valence-corrected chi connectivity index (χ2v) is 10.8. The van der Waals surface area contributed by atoms with Crippen molar-refractivity contribution in [1.82, 2.24) is 9.97 Å². The van der Waals surface area contributed by atoms with Crippen LogP contribution in [0.2, 0.25) is 0 Å². The summed E-state index contributed by atoms with van der Waals surface area (Å²) in [7, 11) is 0. The molecule has 4 bridgehead atoms. The van der Waals surface area contributed by atoms with Gasteiger partial charge in [-0.2, -0.15) is 0 Å². The number of pyridine rings is 2. The summed E-state index contributed by atoms with van der Waals surface area (Å²) in [6.45, 7) is 9.21. The average molecular weight is 555 g/mol. The molecule has 42 heavy (non-hydrogen) atoms. The fourth-order valence-corrected chi connectivity index (χ4v) is 5.08. The Morgan fingerprint density at radius 1 is 0.452 bits per heavy atom. The highest BCUT2D eigenvalue weighted by Gasteiger charge is 2.14. The number of nitrogens with zero attached hydrogens (tertiary/aromatic N) is 6. The predicted octanol–water partition coefficient (Wildman–Crippen LogP) is 6.65. The fraction of sp³-hybridized carbons (Fsp3) is 0.278. The van der Waals surface area contributed by atoms with Crippen LogP contribution < -0.4 is 0 Å². The van der Waals surface area contributed by atoms with Crippen LogP contribution in [0.5, 0.6) is 0 Å². The molecule has 5 rings (SSSR count). The van der Waals surface area contributed by atoms with Crippen LogP contribution in [0.1, 0.15) is 61.6 Å². The van der Waals surface area contributed by atoms with Crippen molar-refractivity contribution in [3.63, 3.8) is 0 Å². The fourth-order valence-electron chi connectivity index (χ4n) is 5.08. The van der Waals surface area contributed by atoms with E-state index >= 15 is 0 Å². The molecule has 2 aromatic heterocycles. The molecular formula is C36H38N6. The van der Waals surface area contributed by atoms with Crippen LogP contribution >= 0.6 is 0 Å². The van der Waals surface area contributed by atoms with Gasteiger partial charge in [-0.1, -0.05) is 72.8 Å². The van der Waals surface area contributed by atoms with Crippen LogP contribution in [0.15, 0.2) is 117 Å². The van der Waals surface area contributed by atoms with E-state index in [1.54, 1.807) is 0 Å². The van der Waals surface area contributed by atoms with Crippen molar-refractivity contribution in [3.05, 3.63) is 131 Å². The van der Waals surface area contributed by atoms with Gasteiger partial charge in [0.2, 0.25) is 0 Å². The Morgan fingerprint density at radius 3 is 1.19 bits per heavy atom. The maximum atomic E-state index is 5.14. The summed E-state index contributed by atoms with van der Waals surface area (Å²) >= 11 is 0. The molecule has 0 saturated carbocycles. The van der Waals surface area contributed by atoms with Crippen LogP contribution in [-0.4, -0.2) is 58.0 Å². The van der Waals surface area contributed by atoms with Crippen molar-refractivity contribution in [3.8, 4) is 0 Å². The third-order valence-electron chi connectivity index (χ3n) is 7.44. The monoisotopic (exact) mass is 554 g/mol. The molecule has 4 aromatic rings. The SMILES string of the molecule is CC1=NCC(Cc2ccccc2)N=C(C)c2cccc(n2)C(C)=NCC(Cc2ccccc2)N=C(C)c2cccc1n2. The highest BCUT2D eigenvalue weighted by atomic mass is 14.9. The first-order valence-electron chi connectivity index (χ1n) is 14.6. The molecule has 6 nitrogen and oxygen atoms in total. The number of aromatic nitrogens is 2. The average Bonchev–Trinajstić information content (AvgIpc) is 3.02. The van der Waals surface area contributed by atoms with Crippen molar-refractivity contribution in [1.29, 1.82) is 0 Å². The Hall–Kier alpha value is -4.58. The topological polar surface area (TPSA) is 75.2 Å². The molecule has 2 unspecified atom stereocenters. The van der Waals surface area contributed by atoms with E-state index in [-0.39, 0.29) is 12.1 Å². The third-order valence-corrected chi connectivity index (χ3v) is 7.44. The number of hydrogen-bond acceptors (Lipinski definition) is 6. The lowest BCUT2D eigenvalue weighted by molar-refractivity contribution is 0.680. The van der Waals surface area contributed by atoms with E-state index < -0.39 is 0 Å². The summed E-state index contributed by atoms with van der Waals surface area (Å²) in [5.41, 5.74) is 9.43. The van der Waals surface area contributed by atoms with Gasteiger partial charge < -0.3 is 0 Å². The molecule has 6 heteroatoms. The van der Waals surface area contributed by atoms with Crippen molar-refractivity contribution >= 4 is 22.8 Å². The molecule has 3 heterocycles. The summed E-state index contributed by atoms with van der Waals surface area (Å²) in [5, 5.41) is 0. The number of rotatable bonds is 4. The lowest BCUT2D eigenvalue weighted by atomic mass is 10.1. The van der Waals surface area contributed by atoms with Crippen molar-refractivity contribution in [2.45, 2.75) is 52.6 Å². The molecule has 0 aliphatic carbocycles. The molecule has 0 radical (unpaired) electrons. The van der Waals surface area contributed by atoms with Gasteiger partial charge in [0.25, 0.3) is 0 Å². The Balaban J connectivity index is 1.56. The largest absolute Gasteiger partial charge is 0.286 e. The van der Waals surface area contributed by atoms with Crippen LogP contribution in [0.3, 0.4) is 0 Å². The molecule has 2 atom stereocenters. The highest BCUT2D eigenvalue weighted by Crippen LogP contribution is 2.14. The zero-order valence-corrected chi connectivity index (χ0v) is 24.9. The van der Waals surface area contributed by atoms with Gasteiger partial charge in [-0.25, -0.2) is 9.97 Å². The standard InChI is InChI=1S/C36H38N6/c1-25-33-17-11-19-35(41-33)27(3)40-32(22-30-15-9-6-10-16-30)24-38-26(2)34-18-12-20-36(42-34)28(4)39-31(23-37-25)21-29-13-7-5-8-14-29/h5-20,31-32H,21-24H2,1-4H3. The lowest BCUT2D eigenvalue weighted by Crippen LogP contribution is -2.19. The predicted molar refractivity (Wildman–Crippen MR) is 175 cm³/mol. The molecule has 0 fully saturated rings. The molecule has 1 aliphatic heterocycles. The minimum absolute atomic E-state index is 0.0355. The number of hydrogen-bond donors (Lipinski definition) is 0. The number of fused-ring (bicyclic) bond motifs is 4. The summed E-state index contributed by atoms with van der Waals surface area (Å²) in [6.07, 6.45) is 1.58. The van der Waals surface area contributed by atoms with Crippen LogP contribution in [0.25, 0.3) is 0 Å². The summed E-state index contributed by atoms with van der Waals surface area (Å²) in [5.74, 6) is 0. The Labute approximate surface area is 249 Å². The maximum Gasteiger partial charge on any atom is 0.0845 e. The second kappa shape index (κ2) is 13.9. The Bertz CT molecular complexity index is 1500. The van der Waals surface area contributed by atoms with Gasteiger partial charge in [-0.3, -0.25) is 20.0 Å². The molecular weight excluding hydrogens is 516 g/mol. The molecule has 212 valence electrons. The van der Waals surface area contributed by atoms with E-state index in [9.17, 15) is 0 Å². The van der Waals surface area contributed by atoms with E-state index in [1.165, 1.54) is 11.1 Å². The van der Waals surface area contributed by atoms with Gasteiger partial charge >= 0.3 is 0 Å². The van der Waals surface area contributed by atoms with Crippen LogP contribution in [-0.2, 0) is 12.8 Å². The van der Waals surface area contributed by atoms with E-state index in [0.29, 0.717) is 13.1 Å². The van der Waals surface area contributed by atoms with Gasteiger partial charge in [0.15, 0.2) is 0 Å². The van der Waals surface area contributed by atoms with E-state index in [0.717, 1.165) is 58.5 Å². The van der Waals surface area contributed by atoms with Crippen LogP contribution in [0.4, 0.5) is 0 Å². The van der Waals surface area contributed by atoms with Crippen LogP contribution in [0, 0.1) is 0 Å². The third kappa shape index (κ3) is 7.78. The summed E-state index contributed by atoms with van der Waals surface area (Å²) in [6, 6.07) is 33.0. The van der Waals surface area contributed by atoms with Crippen molar-refractivity contribution in [2.75, 3.05) is 13.1 Å². The van der Waals surface area contributed by atoms with E-state index in [4.69, 9.17) is 29.9 Å². The zero-order chi connectivity index (χ0) is 29.3. The molecule has 0 N–H and O–H groups in total. The summed E-state index contributed by atoms with van der Waals surface area (Å²) < 4.78 is 0. The van der Waals surface area contributed by atoms with E-state index in [1.807, 2.05) is 76.2 Å². The number of benzene rings is 2. The van der Waals surface area contributed by atoms with Gasteiger partial charge in [0.05, 0.1) is 70.8 Å². The minimum Gasteiger partial charge on any atom is -0.286 e. The quantitative estimate of drug-likeness (QED) is 0.283. The molecule has 0 amide bonds. The highest BCUT2D eigenvalue weighted by molar-refractivity contribution is 6.02. The molecule has 0 spiro atoms. The number of aliphatic imine (C=N–C) groups is 4. The van der Waals surface area contributed by atoms with Gasteiger partial charge in [-0.05, 0) is 75.9 Å². The molecule has 0 saturated heterocycles. The minimum atomic E-state index is -0.0355. The summed E-state index contributed by atoms with van der Waals surface area (Å²) in [4.78, 5) is 30.1. The first kappa shape index (κ1) is 28.9. The van der Waals surface area contributed by atoms with Crippen molar-refractivity contribution < 1.29 is 0 Å². The Kier molecular flexibility index (Phi) is 9.55. The van der Waals surface area contributed by atoms with Crippen molar-refractivity contribution in [2.24, 2.45) is 20.0 Å². The molecule has 2 aromatic carbocycles. The zero-order valence-electron chi connectivity index (χ0n) is 24.9. The first-order chi connectivity index (χ1) is 20.4. The maximum absolute atomic E-state index is 5.14. The normalized spacial score (nSPS) is 18.1. The smallest absolute Gasteiger partial charge is 0.0845 e. The van der Waals surface area contributed by atoms with E-state index in [2.05, 4.69) is 48.5 Å². The van der Waals surface area contributed by atoms with Gasteiger partial charge in [0, 0.05) is 0 Å². The first-order valence-corrected chi connectivity index (χ1v) is 14.6. The lowest BCUT2D eigenvalue weighted by Gasteiger charge is -2.15. The molecule has 1 aliphatic rings. The Morgan fingerprint density at radius 2 is 0.810 bits per heavy atom. The van der Waals surface area contributed by atoms with Gasteiger partial charge in [-0.15, -0.1) is 0 Å². The van der Waals surface area contributed by atoms with Gasteiger partial charge in [0.1, 0.15) is 0 Å². The second-order valence-electron chi connectivity index (χ2n) is 10.8.